The predicted molar refractivity (Wildman–Crippen MR) is 64.7 cm³/mol. The van der Waals surface area contributed by atoms with Crippen LogP contribution in [0.4, 0.5) is 0 Å². The number of hydrogen-bond acceptors (Lipinski definition) is 1. The molecule has 0 aromatic rings. The Hall–Kier alpha value is -0.503. The molecule has 0 heterocycles. The van der Waals surface area contributed by atoms with Gasteiger partial charge in [-0.05, 0) is 37.6 Å². The van der Waals surface area contributed by atoms with Gasteiger partial charge in [-0.2, -0.15) is 0 Å². The van der Waals surface area contributed by atoms with Crippen LogP contribution in [0.2, 0.25) is 19.6 Å². The highest BCUT2D eigenvalue weighted by atomic mass is 28.4. The van der Waals surface area contributed by atoms with Crippen molar-refractivity contribution in [2.75, 3.05) is 0 Å². The molecule has 0 saturated heterocycles. The average molecular weight is 210 g/mol. The summed E-state index contributed by atoms with van der Waals surface area (Å²) in [6.45, 7) is 15.3. The topological polar surface area (TPSA) is 9.23 Å². The van der Waals surface area contributed by atoms with E-state index >= 15 is 0 Å². The molecule has 0 bridgehead atoms. The molecular formula is C12H22OSi. The normalized spacial score (nSPS) is 21.8. The van der Waals surface area contributed by atoms with Crippen LogP contribution in [0.25, 0.3) is 0 Å². The van der Waals surface area contributed by atoms with Crippen LogP contribution in [0.5, 0.6) is 0 Å². The Bertz CT molecular complexity index is 269. The van der Waals surface area contributed by atoms with E-state index in [1.807, 2.05) is 0 Å². The van der Waals surface area contributed by atoms with E-state index in [4.69, 9.17) is 4.43 Å². The molecule has 1 nitrogen and oxygen atoms in total. The van der Waals surface area contributed by atoms with E-state index < -0.39 is 8.32 Å². The monoisotopic (exact) mass is 210 g/mol. The second-order valence-corrected chi connectivity index (χ2v) is 10.4. The lowest BCUT2D eigenvalue weighted by Gasteiger charge is -2.33. The standard InChI is InChI=1S/C12H22OSi/c1-10-7-11(13-14(4,5)6)9-12(2,3)8-10/h7H,1,8-9H2,2-6H3. The van der Waals surface area contributed by atoms with Gasteiger partial charge in [0.2, 0.25) is 8.32 Å². The van der Waals surface area contributed by atoms with Gasteiger partial charge in [-0.3, -0.25) is 0 Å². The highest BCUT2D eigenvalue weighted by molar-refractivity contribution is 6.70. The second-order valence-electron chi connectivity index (χ2n) is 6.00. The zero-order valence-corrected chi connectivity index (χ0v) is 11.1. The van der Waals surface area contributed by atoms with E-state index in [0.717, 1.165) is 18.6 Å². The Morgan fingerprint density at radius 2 is 1.86 bits per heavy atom. The highest BCUT2D eigenvalue weighted by Crippen LogP contribution is 2.38. The lowest BCUT2D eigenvalue weighted by molar-refractivity contribution is 0.277. The summed E-state index contributed by atoms with van der Waals surface area (Å²) >= 11 is 0. The van der Waals surface area contributed by atoms with Crippen molar-refractivity contribution >= 4 is 8.32 Å². The first-order valence-electron chi connectivity index (χ1n) is 5.25. The fraction of sp³-hybridized carbons (Fsp3) is 0.667. The van der Waals surface area contributed by atoms with Crippen LogP contribution in [-0.2, 0) is 4.43 Å². The molecule has 14 heavy (non-hydrogen) atoms. The summed E-state index contributed by atoms with van der Waals surface area (Å²) in [5, 5.41) is 0. The van der Waals surface area contributed by atoms with Crippen LogP contribution < -0.4 is 0 Å². The summed E-state index contributed by atoms with van der Waals surface area (Å²) in [4.78, 5) is 0. The fourth-order valence-electron chi connectivity index (χ4n) is 1.94. The Balaban J connectivity index is 2.75. The van der Waals surface area contributed by atoms with Gasteiger partial charge in [0.05, 0.1) is 5.76 Å². The van der Waals surface area contributed by atoms with Crippen molar-refractivity contribution in [1.29, 1.82) is 0 Å². The van der Waals surface area contributed by atoms with E-state index in [-0.39, 0.29) is 0 Å². The largest absolute Gasteiger partial charge is 0.547 e. The second kappa shape index (κ2) is 3.57. The van der Waals surface area contributed by atoms with E-state index in [0.29, 0.717) is 5.41 Å². The first-order chi connectivity index (χ1) is 6.18. The van der Waals surface area contributed by atoms with Crippen LogP contribution in [0.15, 0.2) is 24.0 Å². The number of allylic oxidation sites excluding steroid dienone is 3. The van der Waals surface area contributed by atoms with Crippen molar-refractivity contribution in [2.24, 2.45) is 5.41 Å². The van der Waals surface area contributed by atoms with Crippen molar-refractivity contribution in [1.82, 2.24) is 0 Å². The van der Waals surface area contributed by atoms with E-state index in [9.17, 15) is 0 Å². The summed E-state index contributed by atoms with van der Waals surface area (Å²) in [6, 6.07) is 0. The van der Waals surface area contributed by atoms with Crippen molar-refractivity contribution in [3.8, 4) is 0 Å². The zero-order chi connectivity index (χ0) is 11.0. The van der Waals surface area contributed by atoms with Crippen LogP contribution in [-0.4, -0.2) is 8.32 Å². The van der Waals surface area contributed by atoms with Crippen LogP contribution in [0.3, 0.4) is 0 Å². The molecule has 0 aromatic heterocycles. The Morgan fingerprint density at radius 1 is 1.29 bits per heavy atom. The van der Waals surface area contributed by atoms with Crippen molar-refractivity contribution in [2.45, 2.75) is 46.3 Å². The molecule has 0 saturated carbocycles. The summed E-state index contributed by atoms with van der Waals surface area (Å²) in [5.74, 6) is 1.14. The summed E-state index contributed by atoms with van der Waals surface area (Å²) < 4.78 is 6.02. The van der Waals surface area contributed by atoms with Crippen molar-refractivity contribution in [3.05, 3.63) is 24.0 Å². The van der Waals surface area contributed by atoms with Gasteiger partial charge in [0.15, 0.2) is 0 Å². The lowest BCUT2D eigenvalue weighted by Crippen LogP contribution is -2.28. The maximum absolute atomic E-state index is 6.02. The molecule has 0 aromatic carbocycles. The quantitative estimate of drug-likeness (QED) is 0.624. The van der Waals surface area contributed by atoms with E-state index in [2.05, 4.69) is 46.1 Å². The third-order valence-electron chi connectivity index (χ3n) is 2.16. The van der Waals surface area contributed by atoms with Gasteiger partial charge in [0.1, 0.15) is 0 Å². The van der Waals surface area contributed by atoms with Gasteiger partial charge < -0.3 is 4.43 Å². The first kappa shape index (κ1) is 11.6. The maximum Gasteiger partial charge on any atom is 0.241 e. The van der Waals surface area contributed by atoms with Crippen molar-refractivity contribution in [3.63, 3.8) is 0 Å². The Kier molecular flexibility index (Phi) is 2.95. The van der Waals surface area contributed by atoms with Gasteiger partial charge in [-0.15, -0.1) is 0 Å². The fourth-order valence-corrected chi connectivity index (χ4v) is 2.86. The predicted octanol–water partition coefficient (Wildman–Crippen LogP) is 4.10. The molecule has 0 N–H and O–H groups in total. The molecule has 0 fully saturated rings. The van der Waals surface area contributed by atoms with Gasteiger partial charge in [-0.1, -0.05) is 26.0 Å². The van der Waals surface area contributed by atoms with Gasteiger partial charge >= 0.3 is 0 Å². The summed E-state index contributed by atoms with van der Waals surface area (Å²) in [7, 11) is -1.45. The highest BCUT2D eigenvalue weighted by Gasteiger charge is 2.28. The molecule has 0 amide bonds. The van der Waals surface area contributed by atoms with Crippen molar-refractivity contribution < 1.29 is 4.43 Å². The first-order valence-corrected chi connectivity index (χ1v) is 8.66. The van der Waals surface area contributed by atoms with Gasteiger partial charge in [0.25, 0.3) is 0 Å². The van der Waals surface area contributed by atoms with Crippen LogP contribution >= 0.6 is 0 Å². The van der Waals surface area contributed by atoms with Crippen LogP contribution in [0, 0.1) is 5.41 Å². The maximum atomic E-state index is 6.02. The molecule has 0 unspecified atom stereocenters. The molecule has 0 atom stereocenters. The van der Waals surface area contributed by atoms with Gasteiger partial charge in [0, 0.05) is 6.42 Å². The van der Waals surface area contributed by atoms with Gasteiger partial charge in [-0.25, -0.2) is 0 Å². The number of rotatable bonds is 2. The molecule has 0 radical (unpaired) electrons. The SMILES string of the molecule is C=C1C=C(O[Si](C)(C)C)CC(C)(C)C1. The molecule has 1 aliphatic carbocycles. The molecule has 1 aliphatic rings. The molecule has 2 heteroatoms. The summed E-state index contributed by atoms with van der Waals surface area (Å²) in [6.07, 6.45) is 4.27. The Morgan fingerprint density at radius 3 is 2.29 bits per heavy atom. The summed E-state index contributed by atoms with van der Waals surface area (Å²) in [5.41, 5.74) is 1.52. The Labute approximate surface area is 89.0 Å². The number of hydrogen-bond donors (Lipinski definition) is 0. The van der Waals surface area contributed by atoms with E-state index in [1.54, 1.807) is 0 Å². The zero-order valence-electron chi connectivity index (χ0n) is 10.1. The third-order valence-corrected chi connectivity index (χ3v) is 3.04. The van der Waals surface area contributed by atoms with E-state index in [1.165, 1.54) is 5.57 Å². The molecule has 80 valence electrons. The lowest BCUT2D eigenvalue weighted by atomic mass is 9.78. The minimum atomic E-state index is -1.45. The van der Waals surface area contributed by atoms with Crippen LogP contribution in [0.1, 0.15) is 26.7 Å². The average Bonchev–Trinajstić information content (AvgIpc) is 1.74. The molecule has 0 aliphatic heterocycles. The minimum absolute atomic E-state index is 0.320. The third kappa shape index (κ3) is 3.70. The smallest absolute Gasteiger partial charge is 0.241 e. The molecule has 1 rings (SSSR count). The minimum Gasteiger partial charge on any atom is -0.547 e. The molecular weight excluding hydrogens is 188 g/mol. The molecule has 0 spiro atoms.